The van der Waals surface area contributed by atoms with Gasteiger partial charge >= 0.3 is 23.6 Å². The van der Waals surface area contributed by atoms with Crippen LogP contribution in [0.15, 0.2) is 17.1 Å². The van der Waals surface area contributed by atoms with E-state index < -0.39 is 48.1 Å². The van der Waals surface area contributed by atoms with E-state index in [2.05, 4.69) is 4.98 Å². The van der Waals surface area contributed by atoms with Gasteiger partial charge in [0, 0.05) is 41.1 Å². The van der Waals surface area contributed by atoms with Gasteiger partial charge in [0.25, 0.3) is 0 Å². The SMILES string of the molecule is CC(=O)OC[C@H]1O[C@@H](n2ccc(N(C)C)nc2=O)[C@H](OC(C)=O)[C@@H]1OC(C)=O. The third kappa shape index (κ3) is 5.06. The summed E-state index contributed by atoms with van der Waals surface area (Å²) in [5, 5.41) is 0. The highest BCUT2D eigenvalue weighted by Crippen LogP contribution is 2.33. The summed E-state index contributed by atoms with van der Waals surface area (Å²) in [7, 11) is 3.46. The quantitative estimate of drug-likeness (QED) is 0.463. The van der Waals surface area contributed by atoms with Gasteiger partial charge < -0.3 is 23.8 Å². The molecule has 11 heteroatoms. The number of carbonyl (C=O) groups is 3. The van der Waals surface area contributed by atoms with Gasteiger partial charge in [0.1, 0.15) is 18.5 Å². The zero-order valence-corrected chi connectivity index (χ0v) is 16.3. The van der Waals surface area contributed by atoms with Crippen molar-refractivity contribution in [2.24, 2.45) is 0 Å². The maximum absolute atomic E-state index is 12.5. The molecule has 0 aliphatic carbocycles. The van der Waals surface area contributed by atoms with Gasteiger partial charge in [0.05, 0.1) is 0 Å². The van der Waals surface area contributed by atoms with Gasteiger partial charge in [-0.3, -0.25) is 19.0 Å². The van der Waals surface area contributed by atoms with Crippen LogP contribution in [-0.2, 0) is 33.3 Å². The fourth-order valence-corrected chi connectivity index (χ4v) is 2.76. The van der Waals surface area contributed by atoms with Crippen molar-refractivity contribution >= 4 is 23.7 Å². The Kier molecular flexibility index (Phi) is 6.73. The minimum absolute atomic E-state index is 0.250. The smallest absolute Gasteiger partial charge is 0.351 e. The van der Waals surface area contributed by atoms with Crippen molar-refractivity contribution in [1.82, 2.24) is 9.55 Å². The molecule has 2 heterocycles. The van der Waals surface area contributed by atoms with Gasteiger partial charge in [0.2, 0.25) is 0 Å². The van der Waals surface area contributed by atoms with Crippen molar-refractivity contribution in [1.29, 1.82) is 0 Å². The summed E-state index contributed by atoms with van der Waals surface area (Å²) in [5.74, 6) is -1.44. The van der Waals surface area contributed by atoms with Crippen LogP contribution in [0, 0.1) is 0 Å². The fraction of sp³-hybridized carbons (Fsp3) is 0.588. The Morgan fingerprint density at radius 2 is 1.71 bits per heavy atom. The molecular formula is C17H23N3O8. The van der Waals surface area contributed by atoms with E-state index in [1.807, 2.05) is 0 Å². The number of hydrogen-bond donors (Lipinski definition) is 0. The number of ether oxygens (including phenoxy) is 4. The van der Waals surface area contributed by atoms with Gasteiger partial charge in [-0.2, -0.15) is 4.98 Å². The van der Waals surface area contributed by atoms with Gasteiger partial charge in [-0.05, 0) is 6.07 Å². The van der Waals surface area contributed by atoms with Gasteiger partial charge in [-0.15, -0.1) is 0 Å². The molecule has 1 aromatic rings. The molecule has 0 radical (unpaired) electrons. The van der Waals surface area contributed by atoms with Crippen LogP contribution in [0.2, 0.25) is 0 Å². The van der Waals surface area contributed by atoms with Crippen molar-refractivity contribution < 1.29 is 33.3 Å². The van der Waals surface area contributed by atoms with E-state index >= 15 is 0 Å². The summed E-state index contributed by atoms with van der Waals surface area (Å²) < 4.78 is 22.4. The van der Waals surface area contributed by atoms with Crippen molar-refractivity contribution in [3.8, 4) is 0 Å². The van der Waals surface area contributed by atoms with E-state index in [-0.39, 0.29) is 6.61 Å². The van der Waals surface area contributed by atoms with E-state index in [0.717, 1.165) is 4.57 Å². The fourth-order valence-electron chi connectivity index (χ4n) is 2.76. The molecule has 0 saturated carbocycles. The number of carbonyl (C=O) groups excluding carboxylic acids is 3. The lowest BCUT2D eigenvalue weighted by molar-refractivity contribution is -0.166. The van der Waals surface area contributed by atoms with E-state index in [1.165, 1.54) is 27.0 Å². The summed E-state index contributed by atoms with van der Waals surface area (Å²) in [6, 6.07) is 1.58. The normalized spacial score (nSPS) is 23.8. The molecule has 1 aliphatic heterocycles. The lowest BCUT2D eigenvalue weighted by Gasteiger charge is -2.24. The standard InChI is InChI=1S/C17H23N3O8/c1-9(21)25-8-12-14(26-10(2)22)15(27-11(3)23)16(28-12)20-7-6-13(19(4)5)18-17(20)24/h6-7,12,14-16H,8H2,1-5H3/t12-,14-,15-,16-/m1/s1. The monoisotopic (exact) mass is 397 g/mol. The van der Waals surface area contributed by atoms with Crippen molar-refractivity contribution in [3.63, 3.8) is 0 Å². The molecule has 1 aliphatic rings. The molecule has 0 bridgehead atoms. The third-order valence-corrected chi connectivity index (χ3v) is 3.89. The van der Waals surface area contributed by atoms with Crippen molar-refractivity contribution in [2.75, 3.05) is 25.6 Å². The topological polar surface area (TPSA) is 126 Å². The molecule has 1 saturated heterocycles. The Balaban J connectivity index is 2.42. The van der Waals surface area contributed by atoms with Crippen molar-refractivity contribution in [3.05, 3.63) is 22.7 Å². The Labute approximate surface area is 161 Å². The first-order valence-corrected chi connectivity index (χ1v) is 8.50. The number of anilines is 1. The Morgan fingerprint density at radius 3 is 2.21 bits per heavy atom. The summed E-state index contributed by atoms with van der Waals surface area (Å²) in [5.41, 5.74) is -0.650. The minimum Gasteiger partial charge on any atom is -0.463 e. The lowest BCUT2D eigenvalue weighted by Crippen LogP contribution is -2.42. The molecule has 0 unspecified atom stereocenters. The minimum atomic E-state index is -1.13. The van der Waals surface area contributed by atoms with Crippen LogP contribution in [0.1, 0.15) is 27.0 Å². The largest absolute Gasteiger partial charge is 0.463 e. The second-order valence-corrected chi connectivity index (χ2v) is 6.39. The maximum atomic E-state index is 12.5. The number of nitrogens with zero attached hydrogens (tertiary/aromatic N) is 3. The van der Waals surface area contributed by atoms with E-state index in [4.69, 9.17) is 18.9 Å². The number of aromatic nitrogens is 2. The first kappa shape index (κ1) is 21.4. The average Bonchev–Trinajstić information content (AvgIpc) is 2.89. The number of rotatable bonds is 6. The molecule has 0 N–H and O–H groups in total. The van der Waals surface area contributed by atoms with Gasteiger partial charge in [0.15, 0.2) is 18.4 Å². The van der Waals surface area contributed by atoms with Crippen LogP contribution in [0.5, 0.6) is 0 Å². The summed E-state index contributed by atoms with van der Waals surface area (Å²) in [6.07, 6.45) is -2.84. The highest BCUT2D eigenvalue weighted by atomic mass is 16.7. The van der Waals surface area contributed by atoms with E-state index in [9.17, 15) is 19.2 Å². The van der Waals surface area contributed by atoms with Crippen LogP contribution >= 0.6 is 0 Å². The average molecular weight is 397 g/mol. The summed E-state index contributed by atoms with van der Waals surface area (Å²) in [6.45, 7) is 3.32. The molecule has 28 heavy (non-hydrogen) atoms. The highest BCUT2D eigenvalue weighted by molar-refractivity contribution is 5.68. The molecular weight excluding hydrogens is 374 g/mol. The molecule has 0 amide bonds. The molecule has 1 fully saturated rings. The van der Waals surface area contributed by atoms with Gasteiger partial charge in [-0.1, -0.05) is 0 Å². The molecule has 0 spiro atoms. The van der Waals surface area contributed by atoms with Crippen LogP contribution < -0.4 is 10.6 Å². The van der Waals surface area contributed by atoms with E-state index in [1.54, 1.807) is 25.1 Å². The molecule has 0 aromatic carbocycles. The zero-order valence-electron chi connectivity index (χ0n) is 16.3. The maximum Gasteiger partial charge on any atom is 0.351 e. The molecule has 11 nitrogen and oxygen atoms in total. The lowest BCUT2D eigenvalue weighted by atomic mass is 10.1. The first-order chi connectivity index (χ1) is 13.1. The number of esters is 3. The Hall–Kier alpha value is -2.95. The predicted octanol–water partition coefficient (Wildman–Crippen LogP) is -0.367. The van der Waals surface area contributed by atoms with Crippen molar-refractivity contribution in [2.45, 2.75) is 45.3 Å². The molecule has 4 atom stereocenters. The first-order valence-electron chi connectivity index (χ1n) is 8.50. The third-order valence-electron chi connectivity index (χ3n) is 3.89. The van der Waals surface area contributed by atoms with Crippen LogP contribution in [0.25, 0.3) is 0 Å². The molecule has 1 aromatic heterocycles. The molecule has 2 rings (SSSR count). The highest BCUT2D eigenvalue weighted by Gasteiger charge is 2.50. The summed E-state index contributed by atoms with van der Waals surface area (Å²) >= 11 is 0. The second-order valence-electron chi connectivity index (χ2n) is 6.39. The number of hydrogen-bond acceptors (Lipinski definition) is 10. The predicted molar refractivity (Wildman–Crippen MR) is 94.5 cm³/mol. The second kappa shape index (κ2) is 8.83. The van der Waals surface area contributed by atoms with E-state index in [0.29, 0.717) is 5.82 Å². The Bertz CT molecular complexity index is 806. The Morgan fingerprint density at radius 1 is 1.11 bits per heavy atom. The van der Waals surface area contributed by atoms with Crippen LogP contribution in [-0.4, -0.2) is 66.5 Å². The zero-order chi connectivity index (χ0) is 21.0. The van der Waals surface area contributed by atoms with Crippen LogP contribution in [0.4, 0.5) is 5.82 Å². The molecule has 154 valence electrons. The summed E-state index contributed by atoms with van der Waals surface area (Å²) in [4.78, 5) is 52.3. The van der Waals surface area contributed by atoms with Gasteiger partial charge in [-0.25, -0.2) is 4.79 Å². The van der Waals surface area contributed by atoms with Crippen LogP contribution in [0.3, 0.4) is 0 Å².